The predicted molar refractivity (Wildman–Crippen MR) is 95.4 cm³/mol. The van der Waals surface area contributed by atoms with Crippen molar-refractivity contribution in [3.05, 3.63) is 70.6 Å². The molecule has 0 unspecified atom stereocenters. The number of carbonyl (C=O) groups is 1. The minimum Gasteiger partial charge on any atom is -0.298 e. The van der Waals surface area contributed by atoms with Crippen molar-refractivity contribution < 1.29 is 18.0 Å². The highest BCUT2D eigenvalue weighted by Gasteiger charge is 2.17. The number of alkyl halides is 2. The number of anilines is 1. The molecule has 0 radical (unpaired) electrons. The van der Waals surface area contributed by atoms with Crippen molar-refractivity contribution in [2.24, 2.45) is 0 Å². The first-order chi connectivity index (χ1) is 12.5. The topological polar surface area (TPSA) is 54.9 Å². The number of rotatable bonds is 6. The Bertz CT molecular complexity index is 900. The van der Waals surface area contributed by atoms with Crippen molar-refractivity contribution in [3.63, 3.8) is 0 Å². The summed E-state index contributed by atoms with van der Waals surface area (Å²) in [5, 5.41) is 2.91. The molecule has 0 aliphatic rings. The van der Waals surface area contributed by atoms with Crippen LogP contribution in [0.2, 0.25) is 0 Å². The van der Waals surface area contributed by atoms with Gasteiger partial charge in [-0.1, -0.05) is 12.1 Å². The average molecular weight is 395 g/mol. The average Bonchev–Trinajstić information content (AvgIpc) is 3.04. The minimum absolute atomic E-state index is 0.0388. The van der Waals surface area contributed by atoms with E-state index in [1.807, 2.05) is 0 Å². The lowest BCUT2D eigenvalue weighted by molar-refractivity contribution is 0.102. The zero-order chi connectivity index (χ0) is 18.5. The van der Waals surface area contributed by atoms with Crippen LogP contribution in [0, 0.1) is 5.82 Å². The Labute approximate surface area is 155 Å². The molecule has 0 bridgehead atoms. The summed E-state index contributed by atoms with van der Waals surface area (Å²) < 4.78 is 38.1. The monoisotopic (exact) mass is 395 g/mol. The summed E-state index contributed by atoms with van der Waals surface area (Å²) in [6.07, 6.45) is 3.51. The Morgan fingerprint density at radius 2 is 1.96 bits per heavy atom. The second-order valence-corrected chi connectivity index (χ2v) is 7.22. The molecule has 4 nitrogen and oxygen atoms in total. The van der Waals surface area contributed by atoms with Gasteiger partial charge in [0, 0.05) is 23.7 Å². The van der Waals surface area contributed by atoms with Crippen LogP contribution in [0.3, 0.4) is 0 Å². The summed E-state index contributed by atoms with van der Waals surface area (Å²) in [7, 11) is 0. The predicted octanol–water partition coefficient (Wildman–Crippen LogP) is 4.84. The van der Waals surface area contributed by atoms with Crippen LogP contribution in [0.4, 0.5) is 18.3 Å². The standard InChI is InChI=1S/C17H12F3N3OS2/c18-11-5-3-10(4-6-11)8-12-9-22-17(25-12)23-14(24)13-2-1-7-21-15(13)26-16(19)20/h1-7,9,16H,8H2,(H,22,23,24). The Kier molecular flexibility index (Phi) is 5.89. The van der Waals surface area contributed by atoms with E-state index in [0.717, 1.165) is 10.4 Å². The van der Waals surface area contributed by atoms with Gasteiger partial charge in [0.2, 0.25) is 0 Å². The van der Waals surface area contributed by atoms with Gasteiger partial charge in [0.05, 0.1) is 5.56 Å². The molecule has 0 atom stereocenters. The van der Waals surface area contributed by atoms with E-state index in [0.29, 0.717) is 11.6 Å². The van der Waals surface area contributed by atoms with Crippen molar-refractivity contribution in [1.29, 1.82) is 0 Å². The molecule has 0 fully saturated rings. The summed E-state index contributed by atoms with van der Waals surface area (Å²) in [6, 6.07) is 9.05. The van der Waals surface area contributed by atoms with Gasteiger partial charge >= 0.3 is 0 Å². The van der Waals surface area contributed by atoms with E-state index in [4.69, 9.17) is 0 Å². The molecule has 2 aromatic heterocycles. The third-order valence-corrected chi connectivity index (χ3v) is 4.92. The van der Waals surface area contributed by atoms with Crippen LogP contribution in [0.25, 0.3) is 0 Å². The number of halogens is 3. The number of aromatic nitrogens is 2. The number of benzene rings is 1. The zero-order valence-electron chi connectivity index (χ0n) is 13.2. The lowest BCUT2D eigenvalue weighted by atomic mass is 10.1. The number of amides is 1. The van der Waals surface area contributed by atoms with E-state index in [2.05, 4.69) is 15.3 Å². The number of thiazole rings is 1. The van der Waals surface area contributed by atoms with Gasteiger partial charge in [-0.05, 0) is 41.6 Å². The fourth-order valence-electron chi connectivity index (χ4n) is 2.16. The van der Waals surface area contributed by atoms with Gasteiger partial charge in [0.15, 0.2) is 5.13 Å². The first-order valence-corrected chi connectivity index (χ1v) is 9.11. The molecule has 1 N–H and O–H groups in total. The molecule has 9 heteroatoms. The van der Waals surface area contributed by atoms with Crippen LogP contribution >= 0.6 is 23.1 Å². The molecule has 3 rings (SSSR count). The number of nitrogens with zero attached hydrogens (tertiary/aromatic N) is 2. The van der Waals surface area contributed by atoms with E-state index < -0.39 is 11.7 Å². The second kappa shape index (κ2) is 8.33. The normalized spacial score (nSPS) is 10.9. The molecule has 0 spiro atoms. The van der Waals surface area contributed by atoms with Crippen LogP contribution in [0.5, 0.6) is 0 Å². The SMILES string of the molecule is O=C(Nc1ncc(Cc2ccc(F)cc2)s1)c1cccnc1SC(F)F. The van der Waals surface area contributed by atoms with E-state index in [1.165, 1.54) is 41.8 Å². The Morgan fingerprint density at radius 3 is 2.69 bits per heavy atom. The molecule has 3 aromatic rings. The lowest BCUT2D eigenvalue weighted by Crippen LogP contribution is -2.13. The van der Waals surface area contributed by atoms with E-state index in [9.17, 15) is 18.0 Å². The maximum absolute atomic E-state index is 12.9. The van der Waals surface area contributed by atoms with Gasteiger partial charge in [-0.25, -0.2) is 14.4 Å². The van der Waals surface area contributed by atoms with Crippen LogP contribution in [0.15, 0.2) is 53.8 Å². The number of thioether (sulfide) groups is 1. The van der Waals surface area contributed by atoms with Gasteiger partial charge in [0.25, 0.3) is 11.7 Å². The molecule has 0 saturated heterocycles. The van der Waals surface area contributed by atoms with E-state index >= 15 is 0 Å². The Balaban J connectivity index is 1.69. The summed E-state index contributed by atoms with van der Waals surface area (Å²) in [6.45, 7) is 0. The highest BCUT2D eigenvalue weighted by atomic mass is 32.2. The molecular weight excluding hydrogens is 383 g/mol. The van der Waals surface area contributed by atoms with Crippen molar-refractivity contribution in [2.75, 3.05) is 5.32 Å². The van der Waals surface area contributed by atoms with Crippen molar-refractivity contribution in [2.45, 2.75) is 17.2 Å². The van der Waals surface area contributed by atoms with E-state index in [1.54, 1.807) is 18.3 Å². The van der Waals surface area contributed by atoms with Crippen molar-refractivity contribution >= 4 is 34.1 Å². The molecule has 26 heavy (non-hydrogen) atoms. The summed E-state index contributed by atoms with van der Waals surface area (Å²) in [5.74, 6) is -3.53. The van der Waals surface area contributed by atoms with Crippen molar-refractivity contribution in [1.82, 2.24) is 9.97 Å². The van der Waals surface area contributed by atoms with E-state index in [-0.39, 0.29) is 28.2 Å². The number of hydrogen-bond acceptors (Lipinski definition) is 5. The third kappa shape index (κ3) is 4.83. The van der Waals surface area contributed by atoms with Crippen LogP contribution < -0.4 is 5.32 Å². The molecule has 1 amide bonds. The molecule has 0 aliphatic heterocycles. The second-order valence-electron chi connectivity index (χ2n) is 5.12. The quantitative estimate of drug-likeness (QED) is 0.607. The smallest absolute Gasteiger partial charge is 0.290 e. The largest absolute Gasteiger partial charge is 0.298 e. The van der Waals surface area contributed by atoms with Gasteiger partial charge in [-0.2, -0.15) is 8.78 Å². The number of pyridine rings is 1. The summed E-state index contributed by atoms with van der Waals surface area (Å²) in [5.41, 5.74) is 0.976. The van der Waals surface area contributed by atoms with Crippen molar-refractivity contribution in [3.8, 4) is 0 Å². The Morgan fingerprint density at radius 1 is 1.19 bits per heavy atom. The molecule has 2 heterocycles. The first kappa shape index (κ1) is 18.4. The fourth-order valence-corrected chi connectivity index (χ4v) is 3.58. The first-order valence-electron chi connectivity index (χ1n) is 7.41. The molecule has 0 saturated carbocycles. The molecule has 1 aromatic carbocycles. The molecule has 0 aliphatic carbocycles. The maximum atomic E-state index is 12.9. The summed E-state index contributed by atoms with van der Waals surface area (Å²) in [4.78, 5) is 21.2. The number of hydrogen-bond donors (Lipinski definition) is 1. The Hall–Kier alpha value is -2.39. The number of nitrogens with one attached hydrogen (secondary N) is 1. The summed E-state index contributed by atoms with van der Waals surface area (Å²) >= 11 is 1.48. The highest BCUT2D eigenvalue weighted by molar-refractivity contribution is 7.99. The third-order valence-electron chi connectivity index (χ3n) is 3.28. The minimum atomic E-state index is -2.67. The molecule has 134 valence electrons. The fraction of sp³-hybridized carbons (Fsp3) is 0.118. The van der Waals surface area contributed by atoms with Crippen LogP contribution in [-0.4, -0.2) is 21.6 Å². The van der Waals surface area contributed by atoms with Crippen LogP contribution in [0.1, 0.15) is 20.8 Å². The highest BCUT2D eigenvalue weighted by Crippen LogP contribution is 2.27. The lowest BCUT2D eigenvalue weighted by Gasteiger charge is -2.06. The van der Waals surface area contributed by atoms with Gasteiger partial charge in [0.1, 0.15) is 10.8 Å². The maximum Gasteiger partial charge on any atom is 0.290 e. The zero-order valence-corrected chi connectivity index (χ0v) is 14.8. The molecular formula is C17H12F3N3OS2. The van der Waals surface area contributed by atoms with Gasteiger partial charge in [-0.3, -0.25) is 10.1 Å². The van der Waals surface area contributed by atoms with Gasteiger partial charge in [-0.15, -0.1) is 11.3 Å². The number of carbonyl (C=O) groups excluding carboxylic acids is 1. The van der Waals surface area contributed by atoms with Crippen LogP contribution in [-0.2, 0) is 6.42 Å². The van der Waals surface area contributed by atoms with Gasteiger partial charge < -0.3 is 0 Å².